The number of hydrogen-bond donors (Lipinski definition) is 2. The van der Waals surface area contributed by atoms with Crippen LogP contribution in [-0.4, -0.2) is 41.6 Å². The Bertz CT molecular complexity index is 517. The van der Waals surface area contributed by atoms with Gasteiger partial charge in [0, 0.05) is 25.3 Å². The Morgan fingerprint density at radius 2 is 2.05 bits per heavy atom. The normalized spacial score (nSPS) is 19.1. The number of nitrogen functional groups attached to an aromatic ring is 1. The maximum absolute atomic E-state index is 12.0. The Kier molecular flexibility index (Phi) is 4.12. The lowest BCUT2D eigenvalue weighted by molar-refractivity contribution is 0.258. The number of rotatable bonds is 4. The summed E-state index contributed by atoms with van der Waals surface area (Å²) in [5.41, 5.74) is 5.59. The van der Waals surface area contributed by atoms with Crippen molar-refractivity contribution in [2.24, 2.45) is 0 Å². The maximum Gasteiger partial charge on any atom is 0.279 e. The molecule has 8 heteroatoms. The summed E-state index contributed by atoms with van der Waals surface area (Å²) in [5, 5.41) is 4.18. The highest BCUT2D eigenvalue weighted by Gasteiger charge is 2.29. The zero-order valence-electron chi connectivity index (χ0n) is 11.3. The smallest absolute Gasteiger partial charge is 0.279 e. The van der Waals surface area contributed by atoms with Crippen LogP contribution in [0.15, 0.2) is 12.3 Å². The number of hydrogen-bond acceptors (Lipinski definition) is 4. The summed E-state index contributed by atoms with van der Waals surface area (Å²) in [7, 11) is -3.35. The van der Waals surface area contributed by atoms with E-state index in [9.17, 15) is 8.42 Å². The second kappa shape index (κ2) is 5.48. The van der Waals surface area contributed by atoms with Gasteiger partial charge in [-0.3, -0.25) is 4.68 Å². The van der Waals surface area contributed by atoms with E-state index in [0.717, 1.165) is 12.8 Å². The quantitative estimate of drug-likeness (QED) is 0.835. The lowest BCUT2D eigenvalue weighted by atomic mass is 10.1. The molecule has 19 heavy (non-hydrogen) atoms. The van der Waals surface area contributed by atoms with Crippen LogP contribution >= 0.6 is 0 Å². The van der Waals surface area contributed by atoms with Crippen molar-refractivity contribution in [2.75, 3.05) is 18.8 Å². The van der Waals surface area contributed by atoms with Crippen molar-refractivity contribution in [3.63, 3.8) is 0 Å². The van der Waals surface area contributed by atoms with Gasteiger partial charge in [0.15, 0.2) is 0 Å². The first-order valence-corrected chi connectivity index (χ1v) is 7.90. The zero-order chi connectivity index (χ0) is 14.0. The predicted molar refractivity (Wildman–Crippen MR) is 73.7 cm³/mol. The second-order valence-corrected chi connectivity index (χ2v) is 6.83. The highest BCUT2D eigenvalue weighted by molar-refractivity contribution is 7.87. The molecule has 1 fully saturated rings. The molecule has 0 bridgehead atoms. The second-order valence-electron chi connectivity index (χ2n) is 5.13. The third kappa shape index (κ3) is 3.46. The molecular formula is C11H21N5O2S. The van der Waals surface area contributed by atoms with Gasteiger partial charge in [0.1, 0.15) is 5.82 Å². The van der Waals surface area contributed by atoms with Crippen molar-refractivity contribution >= 4 is 16.0 Å². The minimum absolute atomic E-state index is 0.0892. The Balaban J connectivity index is 1.96. The van der Waals surface area contributed by atoms with Gasteiger partial charge in [-0.1, -0.05) is 0 Å². The van der Waals surface area contributed by atoms with Crippen molar-refractivity contribution in [3.05, 3.63) is 12.3 Å². The van der Waals surface area contributed by atoms with E-state index in [-0.39, 0.29) is 12.1 Å². The van der Waals surface area contributed by atoms with Crippen LogP contribution in [0.3, 0.4) is 0 Å². The summed E-state index contributed by atoms with van der Waals surface area (Å²) >= 11 is 0. The lowest BCUT2D eigenvalue weighted by Crippen LogP contribution is -2.47. The summed E-state index contributed by atoms with van der Waals surface area (Å²) in [5.74, 6) is 0.497. The molecule has 3 N–H and O–H groups in total. The van der Waals surface area contributed by atoms with Crippen molar-refractivity contribution in [3.8, 4) is 0 Å². The minimum Gasteiger partial charge on any atom is -0.382 e. The summed E-state index contributed by atoms with van der Waals surface area (Å²) in [6.07, 6.45) is 3.34. The third-order valence-electron chi connectivity index (χ3n) is 3.15. The van der Waals surface area contributed by atoms with Crippen molar-refractivity contribution in [2.45, 2.75) is 38.8 Å². The van der Waals surface area contributed by atoms with Crippen LogP contribution in [0.25, 0.3) is 0 Å². The topological polar surface area (TPSA) is 93.2 Å². The molecular weight excluding hydrogens is 266 g/mol. The molecule has 1 saturated heterocycles. The number of nitrogens with one attached hydrogen (secondary N) is 1. The minimum atomic E-state index is -3.35. The summed E-state index contributed by atoms with van der Waals surface area (Å²) in [6.45, 7) is 4.65. The van der Waals surface area contributed by atoms with Crippen molar-refractivity contribution < 1.29 is 8.42 Å². The molecule has 0 spiro atoms. The molecule has 2 rings (SSSR count). The molecule has 1 aliphatic rings. The number of aromatic nitrogens is 2. The standard InChI is InChI=1S/C11H21N5O2S/c1-9(2)14-19(17,18)15-6-3-10(4-7-15)16-8-5-11(12)13-16/h5,8-10,14H,3-4,6-7H2,1-2H3,(H2,12,13). The molecule has 0 unspecified atom stereocenters. The van der Waals surface area contributed by atoms with Gasteiger partial charge in [-0.25, -0.2) is 0 Å². The molecule has 0 aliphatic carbocycles. The summed E-state index contributed by atoms with van der Waals surface area (Å²) < 4.78 is 30.0. The average molecular weight is 287 g/mol. The molecule has 1 aromatic rings. The molecule has 0 amide bonds. The number of anilines is 1. The Morgan fingerprint density at radius 1 is 1.42 bits per heavy atom. The summed E-state index contributed by atoms with van der Waals surface area (Å²) in [4.78, 5) is 0. The van der Waals surface area contributed by atoms with Crippen LogP contribution in [-0.2, 0) is 10.2 Å². The number of piperidine rings is 1. The van der Waals surface area contributed by atoms with Gasteiger partial charge in [0.2, 0.25) is 0 Å². The molecule has 108 valence electrons. The Labute approximate surface area is 113 Å². The van der Waals surface area contributed by atoms with E-state index in [1.807, 2.05) is 24.7 Å². The van der Waals surface area contributed by atoms with Gasteiger partial charge in [0.25, 0.3) is 10.2 Å². The van der Waals surface area contributed by atoms with Crippen molar-refractivity contribution in [1.29, 1.82) is 0 Å². The number of nitrogens with zero attached hydrogens (tertiary/aromatic N) is 3. The molecule has 2 heterocycles. The van der Waals surface area contributed by atoms with E-state index < -0.39 is 10.2 Å². The highest BCUT2D eigenvalue weighted by Crippen LogP contribution is 2.23. The van der Waals surface area contributed by atoms with Crippen LogP contribution in [0, 0.1) is 0 Å². The Hall–Kier alpha value is -1.12. The van der Waals surface area contributed by atoms with Gasteiger partial charge >= 0.3 is 0 Å². The van der Waals surface area contributed by atoms with Gasteiger partial charge in [-0.05, 0) is 32.8 Å². The first-order chi connectivity index (χ1) is 8.88. The van der Waals surface area contributed by atoms with E-state index in [0.29, 0.717) is 18.9 Å². The van der Waals surface area contributed by atoms with Crippen LogP contribution in [0.5, 0.6) is 0 Å². The fourth-order valence-electron chi connectivity index (χ4n) is 2.28. The molecule has 0 radical (unpaired) electrons. The fraction of sp³-hybridized carbons (Fsp3) is 0.727. The molecule has 0 aromatic carbocycles. The molecule has 1 aliphatic heterocycles. The molecule has 0 atom stereocenters. The van der Waals surface area contributed by atoms with Gasteiger partial charge in [-0.15, -0.1) is 0 Å². The van der Waals surface area contributed by atoms with Crippen LogP contribution in [0.4, 0.5) is 5.82 Å². The highest BCUT2D eigenvalue weighted by atomic mass is 32.2. The van der Waals surface area contributed by atoms with Crippen LogP contribution in [0.1, 0.15) is 32.7 Å². The maximum atomic E-state index is 12.0. The van der Waals surface area contributed by atoms with E-state index in [1.165, 1.54) is 4.31 Å². The SMILES string of the molecule is CC(C)NS(=O)(=O)N1CCC(n2ccc(N)n2)CC1. The van der Waals surface area contributed by atoms with Crippen LogP contribution < -0.4 is 10.5 Å². The van der Waals surface area contributed by atoms with Crippen LogP contribution in [0.2, 0.25) is 0 Å². The molecule has 7 nitrogen and oxygen atoms in total. The van der Waals surface area contributed by atoms with E-state index >= 15 is 0 Å². The summed E-state index contributed by atoms with van der Waals surface area (Å²) in [6, 6.07) is 1.89. The Morgan fingerprint density at radius 3 is 2.53 bits per heavy atom. The molecule has 0 saturated carbocycles. The zero-order valence-corrected chi connectivity index (χ0v) is 12.1. The van der Waals surface area contributed by atoms with Gasteiger partial charge in [-0.2, -0.15) is 22.5 Å². The molecule has 1 aromatic heterocycles. The third-order valence-corrected chi connectivity index (χ3v) is 4.97. The van der Waals surface area contributed by atoms with Gasteiger partial charge in [0.05, 0.1) is 6.04 Å². The largest absolute Gasteiger partial charge is 0.382 e. The average Bonchev–Trinajstić information content (AvgIpc) is 2.74. The number of nitrogens with two attached hydrogens (primary N) is 1. The predicted octanol–water partition coefficient (Wildman–Crippen LogP) is 0.345. The first kappa shape index (κ1) is 14.3. The van der Waals surface area contributed by atoms with E-state index in [2.05, 4.69) is 9.82 Å². The van der Waals surface area contributed by atoms with Crippen molar-refractivity contribution in [1.82, 2.24) is 18.8 Å². The van der Waals surface area contributed by atoms with E-state index in [1.54, 1.807) is 6.07 Å². The lowest BCUT2D eigenvalue weighted by Gasteiger charge is -2.31. The van der Waals surface area contributed by atoms with E-state index in [4.69, 9.17) is 5.73 Å². The fourth-order valence-corrected chi connectivity index (χ4v) is 3.71. The first-order valence-electron chi connectivity index (χ1n) is 6.46. The monoisotopic (exact) mass is 287 g/mol. The van der Waals surface area contributed by atoms with Gasteiger partial charge < -0.3 is 5.73 Å².